The van der Waals surface area contributed by atoms with Gasteiger partial charge in [-0.2, -0.15) is 0 Å². The van der Waals surface area contributed by atoms with Crippen LogP contribution in [0.1, 0.15) is 76.5 Å². The van der Waals surface area contributed by atoms with Crippen LogP contribution in [0.4, 0.5) is 0 Å². The second-order valence-corrected chi connectivity index (χ2v) is 11.3. The molecule has 0 bridgehead atoms. The summed E-state index contributed by atoms with van der Waals surface area (Å²) >= 11 is 1.52. The van der Waals surface area contributed by atoms with Gasteiger partial charge in [0.1, 0.15) is 5.60 Å². The van der Waals surface area contributed by atoms with E-state index in [0.717, 1.165) is 49.8 Å². The quantitative estimate of drug-likeness (QED) is 0.680. The van der Waals surface area contributed by atoms with Crippen molar-refractivity contribution < 1.29 is 15.3 Å². The Bertz CT molecular complexity index is 725. The fraction of sp³-hybridized carbons (Fsp3) is 0.864. The monoisotopic (exact) mass is 391 g/mol. The fourth-order valence-electron chi connectivity index (χ4n) is 8.04. The maximum Gasteiger partial charge on any atom is 0.108 e. The molecule has 0 radical (unpaired) electrons. The average Bonchev–Trinajstić information content (AvgIpc) is 3.24. The zero-order valence-electron chi connectivity index (χ0n) is 16.5. The van der Waals surface area contributed by atoms with E-state index in [1.165, 1.54) is 11.3 Å². The van der Waals surface area contributed by atoms with Crippen LogP contribution >= 0.6 is 11.3 Å². The lowest BCUT2D eigenvalue weighted by molar-refractivity contribution is -0.237. The molecule has 4 fully saturated rings. The number of rotatable bonds is 1. The summed E-state index contributed by atoms with van der Waals surface area (Å²) in [5, 5.41) is 34.1. The second-order valence-electron chi connectivity index (χ2n) is 10.4. The first-order chi connectivity index (χ1) is 12.7. The third-order valence-corrected chi connectivity index (χ3v) is 10.7. The van der Waals surface area contributed by atoms with Crippen LogP contribution in [-0.4, -0.2) is 32.0 Å². The van der Waals surface area contributed by atoms with Crippen molar-refractivity contribution in [1.82, 2.24) is 4.98 Å². The van der Waals surface area contributed by atoms with Crippen molar-refractivity contribution in [2.45, 2.75) is 88.9 Å². The zero-order chi connectivity index (χ0) is 19.1. The van der Waals surface area contributed by atoms with E-state index in [0.29, 0.717) is 24.7 Å². The number of thiazole rings is 1. The van der Waals surface area contributed by atoms with Crippen molar-refractivity contribution in [3.8, 4) is 0 Å². The molecule has 0 unspecified atom stereocenters. The standard InChI is InChI=1S/C22H33NO3S/c1-19-7-5-15(24)11-14(19)3-4-17-16(19)6-8-20(2)21(17,25)9-10-22(20,26)18-12-23-13-27-18/h12-17,24-26H,3-11H2,1-2H3/t14-,15+,16+,17-,19+,20+,21+,22+/m1/s1. The highest BCUT2D eigenvalue weighted by Crippen LogP contribution is 2.71. The van der Waals surface area contributed by atoms with Crippen LogP contribution in [0.25, 0.3) is 0 Å². The van der Waals surface area contributed by atoms with Gasteiger partial charge in [-0.1, -0.05) is 13.8 Å². The molecule has 3 N–H and O–H groups in total. The Morgan fingerprint density at radius 3 is 2.56 bits per heavy atom. The molecule has 0 spiro atoms. The van der Waals surface area contributed by atoms with E-state index >= 15 is 0 Å². The molecule has 4 saturated carbocycles. The van der Waals surface area contributed by atoms with Crippen molar-refractivity contribution in [2.24, 2.45) is 28.6 Å². The highest BCUT2D eigenvalue weighted by Gasteiger charge is 2.72. The number of hydrogen-bond acceptors (Lipinski definition) is 5. The first-order valence-electron chi connectivity index (χ1n) is 10.8. The maximum absolute atomic E-state index is 12.1. The fourth-order valence-corrected chi connectivity index (χ4v) is 8.91. The predicted octanol–water partition coefficient (Wildman–Crippen LogP) is 3.85. The first-order valence-corrected chi connectivity index (χ1v) is 11.6. The van der Waals surface area contributed by atoms with Crippen LogP contribution in [-0.2, 0) is 5.60 Å². The minimum Gasteiger partial charge on any atom is -0.393 e. The summed E-state index contributed by atoms with van der Waals surface area (Å²) < 4.78 is 0. The molecule has 1 aromatic rings. The SMILES string of the molecule is C[C@]12CC[C@H](O)C[C@H]1CC[C@@H]1[C@@H]2CC[C@]2(C)[C@@](O)(c3cncs3)CC[C@]12O. The van der Waals surface area contributed by atoms with Crippen molar-refractivity contribution in [1.29, 1.82) is 0 Å². The molecule has 5 heteroatoms. The molecular formula is C22H33NO3S. The molecule has 0 aromatic carbocycles. The number of nitrogens with zero attached hydrogens (tertiary/aromatic N) is 1. The van der Waals surface area contributed by atoms with E-state index < -0.39 is 16.6 Å². The summed E-state index contributed by atoms with van der Waals surface area (Å²) in [6.45, 7) is 4.56. The number of aliphatic hydroxyl groups excluding tert-OH is 1. The predicted molar refractivity (Wildman–Crippen MR) is 105 cm³/mol. The van der Waals surface area contributed by atoms with Gasteiger partial charge in [0.25, 0.3) is 0 Å². The number of hydrogen-bond donors (Lipinski definition) is 3. The molecule has 4 aliphatic rings. The van der Waals surface area contributed by atoms with Gasteiger partial charge in [-0.05, 0) is 81.0 Å². The van der Waals surface area contributed by atoms with Gasteiger partial charge < -0.3 is 15.3 Å². The summed E-state index contributed by atoms with van der Waals surface area (Å²) in [5.74, 6) is 1.34. The summed E-state index contributed by atoms with van der Waals surface area (Å²) in [6, 6.07) is 0. The Balaban J connectivity index is 1.52. The Hall–Kier alpha value is -0.490. The van der Waals surface area contributed by atoms with E-state index in [-0.39, 0.29) is 17.4 Å². The van der Waals surface area contributed by atoms with Gasteiger partial charge in [0.2, 0.25) is 0 Å². The molecular weight excluding hydrogens is 358 g/mol. The average molecular weight is 392 g/mol. The van der Waals surface area contributed by atoms with E-state index in [4.69, 9.17) is 0 Å². The minimum atomic E-state index is -0.964. The lowest BCUT2D eigenvalue weighted by Crippen LogP contribution is -2.64. The Morgan fingerprint density at radius 2 is 1.81 bits per heavy atom. The smallest absolute Gasteiger partial charge is 0.108 e. The number of fused-ring (bicyclic) bond motifs is 5. The van der Waals surface area contributed by atoms with Gasteiger partial charge in [-0.3, -0.25) is 4.98 Å². The van der Waals surface area contributed by atoms with Crippen molar-refractivity contribution in [3.63, 3.8) is 0 Å². The molecule has 1 aromatic heterocycles. The lowest BCUT2D eigenvalue weighted by Gasteiger charge is -2.64. The Kier molecular flexibility index (Phi) is 3.96. The Morgan fingerprint density at radius 1 is 1.00 bits per heavy atom. The number of aromatic nitrogens is 1. The summed E-state index contributed by atoms with van der Waals surface area (Å²) in [6.07, 6.45) is 9.95. The highest BCUT2D eigenvalue weighted by molar-refractivity contribution is 7.09. The van der Waals surface area contributed by atoms with Gasteiger partial charge >= 0.3 is 0 Å². The van der Waals surface area contributed by atoms with E-state index in [1.54, 1.807) is 11.7 Å². The third kappa shape index (κ3) is 2.18. The summed E-state index contributed by atoms with van der Waals surface area (Å²) in [7, 11) is 0. The van der Waals surface area contributed by atoms with Gasteiger partial charge in [0.15, 0.2) is 0 Å². The van der Waals surface area contributed by atoms with Gasteiger partial charge in [-0.15, -0.1) is 11.3 Å². The molecule has 150 valence electrons. The maximum atomic E-state index is 12.1. The normalized spacial score (nSPS) is 54.9. The molecule has 4 aliphatic carbocycles. The summed E-state index contributed by atoms with van der Waals surface area (Å²) in [5.41, 5.74) is -0.262. The first kappa shape index (κ1) is 18.5. The minimum absolute atomic E-state index is 0.139. The summed E-state index contributed by atoms with van der Waals surface area (Å²) in [4.78, 5) is 5.13. The van der Waals surface area contributed by atoms with Gasteiger partial charge in [-0.25, -0.2) is 0 Å². The van der Waals surface area contributed by atoms with Crippen molar-refractivity contribution in [2.75, 3.05) is 0 Å². The lowest BCUT2D eigenvalue weighted by atomic mass is 9.43. The number of aliphatic hydroxyl groups is 3. The highest BCUT2D eigenvalue weighted by atomic mass is 32.1. The van der Waals surface area contributed by atoms with Crippen molar-refractivity contribution >= 4 is 11.3 Å². The topological polar surface area (TPSA) is 73.6 Å². The van der Waals surface area contributed by atoms with Crippen molar-refractivity contribution in [3.05, 3.63) is 16.6 Å². The van der Waals surface area contributed by atoms with E-state index in [9.17, 15) is 15.3 Å². The van der Waals surface area contributed by atoms with Gasteiger partial charge in [0.05, 0.1) is 22.1 Å². The van der Waals surface area contributed by atoms with Crippen LogP contribution < -0.4 is 0 Å². The molecule has 5 rings (SSSR count). The molecule has 0 aliphatic heterocycles. The molecule has 27 heavy (non-hydrogen) atoms. The van der Waals surface area contributed by atoms with E-state index in [2.05, 4.69) is 18.8 Å². The van der Waals surface area contributed by atoms with Gasteiger partial charge in [0, 0.05) is 11.6 Å². The molecule has 1 heterocycles. The Labute approximate surface area is 166 Å². The second kappa shape index (κ2) is 5.78. The molecule has 4 nitrogen and oxygen atoms in total. The van der Waals surface area contributed by atoms with Crippen LogP contribution in [0.2, 0.25) is 0 Å². The third-order valence-electron chi connectivity index (χ3n) is 9.81. The molecule has 0 saturated heterocycles. The molecule has 0 amide bonds. The van der Waals surface area contributed by atoms with Crippen LogP contribution in [0, 0.1) is 28.6 Å². The zero-order valence-corrected chi connectivity index (χ0v) is 17.3. The van der Waals surface area contributed by atoms with Crippen LogP contribution in [0.3, 0.4) is 0 Å². The van der Waals surface area contributed by atoms with Crippen LogP contribution in [0.15, 0.2) is 11.7 Å². The van der Waals surface area contributed by atoms with Crippen LogP contribution in [0.5, 0.6) is 0 Å². The molecule has 8 atom stereocenters. The van der Waals surface area contributed by atoms with E-state index in [1.807, 2.05) is 0 Å². The largest absolute Gasteiger partial charge is 0.393 e.